The first-order valence-corrected chi connectivity index (χ1v) is 16.1. The second kappa shape index (κ2) is 12.4. The van der Waals surface area contributed by atoms with Crippen LogP contribution in [0.5, 0.6) is 0 Å². The highest BCUT2D eigenvalue weighted by atomic mass is 16.5. The van der Waals surface area contributed by atoms with Crippen molar-refractivity contribution in [3.63, 3.8) is 0 Å². The van der Waals surface area contributed by atoms with Gasteiger partial charge >= 0.3 is 0 Å². The van der Waals surface area contributed by atoms with Crippen LogP contribution in [0.2, 0.25) is 0 Å². The van der Waals surface area contributed by atoms with Crippen LogP contribution in [0.3, 0.4) is 0 Å². The van der Waals surface area contributed by atoms with Gasteiger partial charge in [-0.1, -0.05) is 0 Å². The molecule has 0 aromatic carbocycles. The smallest absolute Gasteiger partial charge is 0.253 e. The highest BCUT2D eigenvalue weighted by Crippen LogP contribution is 2.38. The maximum Gasteiger partial charge on any atom is 0.253 e. The van der Waals surface area contributed by atoms with Gasteiger partial charge in [-0.2, -0.15) is 0 Å². The second-order valence-corrected chi connectivity index (χ2v) is 13.0. The van der Waals surface area contributed by atoms with Gasteiger partial charge in [-0.3, -0.25) is 14.5 Å². The molecule has 2 bridgehead atoms. The molecule has 1 saturated carbocycles. The van der Waals surface area contributed by atoms with Crippen LogP contribution in [-0.2, 0) is 20.8 Å². The van der Waals surface area contributed by atoms with Crippen LogP contribution < -0.4 is 21.7 Å². The minimum absolute atomic E-state index is 0.00478. The Labute approximate surface area is 259 Å². The number of carbonyl (C=O) groups is 1. The van der Waals surface area contributed by atoms with Gasteiger partial charge in [0.25, 0.3) is 5.56 Å². The molecule has 2 fully saturated rings. The number of hydrogen-bond donors (Lipinski definition) is 2. The number of allylic oxidation sites excluding steroid dienone is 2. The van der Waals surface area contributed by atoms with Gasteiger partial charge in [0.2, 0.25) is 5.91 Å². The van der Waals surface area contributed by atoms with Crippen LogP contribution in [0, 0.1) is 19.8 Å². The Morgan fingerprint density at radius 3 is 2.43 bits per heavy atom. The Balaban J connectivity index is 1.21. The molecule has 2 aromatic rings. The number of amides is 1. The zero-order valence-corrected chi connectivity index (χ0v) is 26.8. The summed E-state index contributed by atoms with van der Waals surface area (Å²) in [5.74, 6) is 0.336. The predicted octanol–water partition coefficient (Wildman–Crippen LogP) is 3.00. The molecule has 9 heteroatoms. The fourth-order valence-corrected chi connectivity index (χ4v) is 7.26. The molecular weight excluding hydrogens is 556 g/mol. The lowest BCUT2D eigenvalue weighted by molar-refractivity contribution is -0.125. The van der Waals surface area contributed by atoms with E-state index in [1.807, 2.05) is 39.0 Å². The van der Waals surface area contributed by atoms with E-state index in [0.29, 0.717) is 18.0 Å². The highest BCUT2D eigenvalue weighted by Gasteiger charge is 2.40. The lowest BCUT2D eigenvalue weighted by Gasteiger charge is -2.47. The SMILES string of the molecule is CCN(C1=C(C)C(C(=O)NCc2c(C)cc(C)[nH]c2=O)CC(OC2CC(N3CC(C)O[C@H](C)C3)C2)=C1)C1C=c2ccc(o2)=C1. The molecule has 2 aliphatic carbocycles. The average Bonchev–Trinajstić information content (AvgIpc) is 3.28. The molecule has 4 heterocycles. The Morgan fingerprint density at radius 1 is 1.11 bits per heavy atom. The number of fused-ring (bicyclic) bond motifs is 2. The van der Waals surface area contributed by atoms with Crippen molar-refractivity contribution in [3.05, 3.63) is 79.3 Å². The predicted molar refractivity (Wildman–Crippen MR) is 170 cm³/mol. The Bertz CT molecular complexity index is 1600. The molecule has 2 N–H and O–H groups in total. The number of hydrogen-bond acceptors (Lipinski definition) is 7. The van der Waals surface area contributed by atoms with Gasteiger partial charge in [0, 0.05) is 68.4 Å². The van der Waals surface area contributed by atoms with Gasteiger partial charge in [-0.05, 0) is 89.1 Å². The number of H-pyrrole nitrogens is 1. The van der Waals surface area contributed by atoms with Crippen LogP contribution in [0.1, 0.15) is 63.8 Å². The van der Waals surface area contributed by atoms with E-state index >= 15 is 0 Å². The monoisotopic (exact) mass is 602 g/mol. The number of furan rings is 1. The standard InChI is InChI=1S/C35H46N4O5/c1-7-39(26-13-27-8-9-28(14-26)43-27)33-16-30(44-29-11-25(12-29)38-18-22(4)42-23(5)19-38)15-31(24(33)6)34(40)36-17-32-20(2)10-21(3)37-35(32)41/h8-10,13-14,16,22-23,25-26,29,31H,7,11-12,15,17-19H2,1-6H3,(H,36,40)(H,37,41)/t22-,23?,25?,29?,31?/m1/s1. The maximum absolute atomic E-state index is 13.8. The minimum Gasteiger partial charge on any atom is -0.495 e. The summed E-state index contributed by atoms with van der Waals surface area (Å²) in [5, 5.41) is 3.07. The number of pyridine rings is 1. The van der Waals surface area contributed by atoms with Crippen molar-refractivity contribution in [2.45, 2.75) is 97.7 Å². The number of ether oxygens (including phenoxy) is 2. The molecule has 2 aromatic heterocycles. The molecule has 0 radical (unpaired) electrons. The third kappa shape index (κ3) is 6.31. The van der Waals surface area contributed by atoms with Gasteiger partial charge in [0.1, 0.15) is 16.9 Å². The fourth-order valence-electron chi connectivity index (χ4n) is 7.26. The van der Waals surface area contributed by atoms with Crippen molar-refractivity contribution < 1.29 is 18.7 Å². The van der Waals surface area contributed by atoms with Crippen LogP contribution in [-0.4, -0.2) is 70.7 Å². The van der Waals surface area contributed by atoms with Crippen LogP contribution in [0.15, 0.2) is 50.5 Å². The van der Waals surface area contributed by atoms with E-state index in [2.05, 4.69) is 59.1 Å². The zero-order chi connectivity index (χ0) is 31.1. The summed E-state index contributed by atoms with van der Waals surface area (Å²) in [4.78, 5) is 34.2. The molecule has 6 rings (SSSR count). The van der Waals surface area contributed by atoms with Crippen LogP contribution >= 0.6 is 0 Å². The summed E-state index contributed by atoms with van der Waals surface area (Å²) in [6.45, 7) is 15.1. The molecule has 4 aliphatic rings. The Hall–Kier alpha value is -3.56. The summed E-state index contributed by atoms with van der Waals surface area (Å²) in [6, 6.07) is 6.41. The number of likely N-dealkylation sites (N-methyl/N-ethyl adjacent to an activating group) is 1. The van der Waals surface area contributed by atoms with E-state index in [4.69, 9.17) is 13.9 Å². The number of rotatable bonds is 9. The molecule has 44 heavy (non-hydrogen) atoms. The largest absolute Gasteiger partial charge is 0.495 e. The van der Waals surface area contributed by atoms with Crippen LogP contribution in [0.25, 0.3) is 12.2 Å². The highest BCUT2D eigenvalue weighted by molar-refractivity contribution is 5.82. The van der Waals surface area contributed by atoms with Gasteiger partial charge in [0.05, 0.1) is 29.9 Å². The van der Waals surface area contributed by atoms with Crippen molar-refractivity contribution in [2.24, 2.45) is 5.92 Å². The molecule has 2 unspecified atom stereocenters. The average molecular weight is 603 g/mol. The van der Waals surface area contributed by atoms with Crippen molar-refractivity contribution in [3.8, 4) is 0 Å². The third-order valence-corrected chi connectivity index (χ3v) is 9.56. The van der Waals surface area contributed by atoms with Gasteiger partial charge < -0.3 is 29.1 Å². The summed E-state index contributed by atoms with van der Waals surface area (Å²) < 4.78 is 18.4. The lowest BCUT2D eigenvalue weighted by atomic mass is 9.85. The normalized spacial score (nSPS) is 27.1. The summed E-state index contributed by atoms with van der Waals surface area (Å²) in [6.07, 6.45) is 9.43. The number of aromatic amines is 1. The van der Waals surface area contributed by atoms with E-state index in [1.54, 1.807) is 0 Å². The van der Waals surface area contributed by atoms with Crippen molar-refractivity contribution in [2.75, 3.05) is 19.6 Å². The summed E-state index contributed by atoms with van der Waals surface area (Å²) >= 11 is 0. The van der Waals surface area contributed by atoms with Crippen molar-refractivity contribution in [1.82, 2.24) is 20.1 Å². The number of aromatic nitrogens is 1. The Morgan fingerprint density at radius 2 is 1.80 bits per heavy atom. The minimum atomic E-state index is -0.407. The second-order valence-electron chi connectivity index (χ2n) is 13.0. The number of morpholine rings is 1. The van der Waals surface area contributed by atoms with Gasteiger partial charge in [0.15, 0.2) is 0 Å². The first-order chi connectivity index (χ1) is 21.1. The Kier molecular flexibility index (Phi) is 8.61. The van der Waals surface area contributed by atoms with Gasteiger partial charge in [-0.15, -0.1) is 0 Å². The molecule has 0 spiro atoms. The third-order valence-electron chi connectivity index (χ3n) is 9.56. The van der Waals surface area contributed by atoms with E-state index in [0.717, 1.165) is 71.6 Å². The molecule has 3 atom stereocenters. The zero-order valence-electron chi connectivity index (χ0n) is 26.8. The molecular formula is C35H46N4O5. The maximum atomic E-state index is 13.8. The molecule has 1 saturated heterocycles. The first kappa shape index (κ1) is 30.5. The van der Waals surface area contributed by atoms with Crippen molar-refractivity contribution in [1.29, 1.82) is 0 Å². The number of nitrogens with zero attached hydrogens (tertiary/aromatic N) is 2. The number of nitrogens with one attached hydrogen (secondary N) is 2. The molecule has 9 nitrogen and oxygen atoms in total. The molecule has 2 aliphatic heterocycles. The van der Waals surface area contributed by atoms with E-state index in [-0.39, 0.29) is 42.4 Å². The first-order valence-electron chi connectivity index (χ1n) is 16.1. The lowest BCUT2D eigenvalue weighted by Crippen LogP contribution is -2.55. The van der Waals surface area contributed by atoms with E-state index in [1.165, 1.54) is 0 Å². The van der Waals surface area contributed by atoms with Gasteiger partial charge in [-0.25, -0.2) is 0 Å². The van der Waals surface area contributed by atoms with Crippen LogP contribution in [0.4, 0.5) is 0 Å². The molecule has 236 valence electrons. The van der Waals surface area contributed by atoms with E-state index in [9.17, 15) is 9.59 Å². The number of carbonyl (C=O) groups excluding carboxylic acids is 1. The summed E-state index contributed by atoms with van der Waals surface area (Å²) in [7, 11) is 0. The number of aryl methyl sites for hydroxylation is 2. The van der Waals surface area contributed by atoms with Crippen molar-refractivity contribution >= 4 is 18.1 Å². The summed E-state index contributed by atoms with van der Waals surface area (Å²) in [5.41, 5.74) is 5.80. The quantitative estimate of drug-likeness (QED) is 0.455. The topological polar surface area (TPSA) is 100 Å². The molecule has 1 amide bonds. The van der Waals surface area contributed by atoms with E-state index < -0.39 is 5.92 Å². The fraction of sp³-hybridized carbons (Fsp3) is 0.543.